The van der Waals surface area contributed by atoms with Crippen molar-refractivity contribution in [1.82, 2.24) is 0 Å². The van der Waals surface area contributed by atoms with Crippen LogP contribution in [0, 0.1) is 0 Å². The molecule has 1 saturated heterocycles. The van der Waals surface area contributed by atoms with E-state index < -0.39 is 0 Å². The molecule has 0 aromatic heterocycles. The smallest absolute Gasteiger partial charge is 0.318 e. The lowest BCUT2D eigenvalue weighted by Crippen LogP contribution is -2.33. The third-order valence-electron chi connectivity index (χ3n) is 1.54. The molecule has 3 nitrogen and oxygen atoms in total. The SMILES string of the molecule is COC(=O)C(C)SC1COC1. The molecule has 0 aromatic rings. The number of rotatable bonds is 3. The van der Waals surface area contributed by atoms with Crippen LogP contribution in [0.25, 0.3) is 0 Å². The highest BCUT2D eigenvalue weighted by Gasteiger charge is 2.25. The summed E-state index contributed by atoms with van der Waals surface area (Å²) in [5, 5.41) is 0.429. The minimum Gasteiger partial charge on any atom is -0.468 e. The fourth-order valence-electron chi connectivity index (χ4n) is 0.803. The molecule has 0 radical (unpaired) electrons. The summed E-state index contributed by atoms with van der Waals surface area (Å²) in [6.07, 6.45) is 0. The van der Waals surface area contributed by atoms with Crippen LogP contribution in [0.1, 0.15) is 6.92 Å². The number of ether oxygens (including phenoxy) is 2. The lowest BCUT2D eigenvalue weighted by molar-refractivity contribution is -0.139. The second kappa shape index (κ2) is 3.97. The van der Waals surface area contributed by atoms with Crippen LogP contribution in [-0.2, 0) is 14.3 Å². The van der Waals surface area contributed by atoms with E-state index in [-0.39, 0.29) is 11.2 Å². The van der Waals surface area contributed by atoms with Gasteiger partial charge in [0, 0.05) is 0 Å². The van der Waals surface area contributed by atoms with E-state index in [1.54, 1.807) is 11.8 Å². The van der Waals surface area contributed by atoms with Gasteiger partial charge in [0.05, 0.1) is 25.6 Å². The van der Waals surface area contributed by atoms with E-state index in [4.69, 9.17) is 4.74 Å². The fraction of sp³-hybridized carbons (Fsp3) is 0.857. The van der Waals surface area contributed by atoms with E-state index in [2.05, 4.69) is 4.74 Å². The van der Waals surface area contributed by atoms with Crippen molar-refractivity contribution in [3.63, 3.8) is 0 Å². The Bertz CT molecular complexity index is 145. The summed E-state index contributed by atoms with van der Waals surface area (Å²) in [5.41, 5.74) is 0. The molecule has 1 heterocycles. The third kappa shape index (κ3) is 2.38. The van der Waals surface area contributed by atoms with Gasteiger partial charge in [-0.05, 0) is 6.92 Å². The predicted octanol–water partition coefficient (Wildman–Crippen LogP) is 0.680. The molecule has 1 rings (SSSR count). The van der Waals surface area contributed by atoms with Gasteiger partial charge in [-0.2, -0.15) is 0 Å². The summed E-state index contributed by atoms with van der Waals surface area (Å²) in [6.45, 7) is 3.40. The lowest BCUT2D eigenvalue weighted by Gasteiger charge is -2.26. The molecule has 1 fully saturated rings. The molecule has 4 heteroatoms. The van der Waals surface area contributed by atoms with Gasteiger partial charge in [-0.25, -0.2) is 0 Å². The Morgan fingerprint density at radius 1 is 1.73 bits per heavy atom. The minimum absolute atomic E-state index is 0.0612. The minimum atomic E-state index is -0.151. The first kappa shape index (κ1) is 8.87. The van der Waals surface area contributed by atoms with E-state index in [0.29, 0.717) is 5.25 Å². The highest BCUT2D eigenvalue weighted by molar-refractivity contribution is 8.01. The van der Waals surface area contributed by atoms with E-state index in [0.717, 1.165) is 13.2 Å². The van der Waals surface area contributed by atoms with Crippen molar-refractivity contribution >= 4 is 17.7 Å². The van der Waals surface area contributed by atoms with Crippen molar-refractivity contribution in [2.45, 2.75) is 17.4 Å². The Morgan fingerprint density at radius 3 is 2.73 bits per heavy atom. The van der Waals surface area contributed by atoms with Crippen LogP contribution in [0.4, 0.5) is 0 Å². The number of carbonyl (C=O) groups is 1. The average Bonchev–Trinajstić information content (AvgIpc) is 1.94. The Labute approximate surface area is 70.4 Å². The molecule has 0 saturated carbocycles. The Kier molecular flexibility index (Phi) is 3.20. The van der Waals surface area contributed by atoms with Crippen molar-refractivity contribution in [3.8, 4) is 0 Å². The van der Waals surface area contributed by atoms with Gasteiger partial charge in [0.2, 0.25) is 0 Å². The molecule has 1 atom stereocenters. The maximum Gasteiger partial charge on any atom is 0.318 e. The van der Waals surface area contributed by atoms with Gasteiger partial charge in [-0.1, -0.05) is 0 Å². The van der Waals surface area contributed by atoms with E-state index in [9.17, 15) is 4.79 Å². The summed E-state index contributed by atoms with van der Waals surface area (Å²) in [5.74, 6) is -0.151. The third-order valence-corrected chi connectivity index (χ3v) is 2.79. The fourth-order valence-corrected chi connectivity index (χ4v) is 1.94. The van der Waals surface area contributed by atoms with Crippen molar-refractivity contribution in [2.24, 2.45) is 0 Å². The number of carbonyl (C=O) groups excluding carboxylic acids is 1. The monoisotopic (exact) mass is 176 g/mol. The molecule has 1 unspecified atom stereocenters. The quantitative estimate of drug-likeness (QED) is 0.592. The summed E-state index contributed by atoms with van der Waals surface area (Å²) in [6, 6.07) is 0. The number of methoxy groups -OCH3 is 1. The molecular formula is C7H12O3S. The predicted molar refractivity (Wildman–Crippen MR) is 43.7 cm³/mol. The van der Waals surface area contributed by atoms with Crippen LogP contribution in [0.3, 0.4) is 0 Å². The van der Waals surface area contributed by atoms with Gasteiger partial charge in [-0.15, -0.1) is 11.8 Å². The average molecular weight is 176 g/mol. The zero-order valence-electron chi connectivity index (χ0n) is 6.70. The zero-order chi connectivity index (χ0) is 8.27. The molecule has 0 N–H and O–H groups in total. The molecule has 11 heavy (non-hydrogen) atoms. The van der Waals surface area contributed by atoms with Crippen LogP contribution >= 0.6 is 11.8 Å². The van der Waals surface area contributed by atoms with E-state index in [1.807, 2.05) is 6.92 Å². The van der Waals surface area contributed by atoms with Gasteiger partial charge in [0.15, 0.2) is 0 Å². The molecule has 0 aromatic carbocycles. The first-order chi connectivity index (χ1) is 5.24. The van der Waals surface area contributed by atoms with Crippen molar-refractivity contribution in [3.05, 3.63) is 0 Å². The molecule has 0 aliphatic carbocycles. The zero-order valence-corrected chi connectivity index (χ0v) is 7.52. The molecule has 0 bridgehead atoms. The molecule has 0 spiro atoms. The van der Waals surface area contributed by atoms with Crippen LogP contribution < -0.4 is 0 Å². The summed E-state index contributed by atoms with van der Waals surface area (Å²) in [7, 11) is 1.41. The van der Waals surface area contributed by atoms with Gasteiger partial charge in [-0.3, -0.25) is 4.79 Å². The molecule has 64 valence electrons. The number of thioether (sulfide) groups is 1. The Morgan fingerprint density at radius 2 is 2.36 bits per heavy atom. The largest absolute Gasteiger partial charge is 0.468 e. The molecule has 1 aliphatic heterocycles. The molecule has 0 amide bonds. The highest BCUT2D eigenvalue weighted by atomic mass is 32.2. The summed E-state index contributed by atoms with van der Waals surface area (Å²) >= 11 is 1.62. The first-order valence-electron chi connectivity index (χ1n) is 3.55. The Balaban J connectivity index is 2.18. The number of hydrogen-bond donors (Lipinski definition) is 0. The summed E-state index contributed by atoms with van der Waals surface area (Å²) < 4.78 is 9.56. The number of esters is 1. The van der Waals surface area contributed by atoms with E-state index in [1.165, 1.54) is 7.11 Å². The van der Waals surface area contributed by atoms with Gasteiger partial charge >= 0.3 is 5.97 Å². The maximum atomic E-state index is 10.9. The van der Waals surface area contributed by atoms with Crippen LogP contribution in [0.5, 0.6) is 0 Å². The van der Waals surface area contributed by atoms with Crippen molar-refractivity contribution in [1.29, 1.82) is 0 Å². The van der Waals surface area contributed by atoms with Gasteiger partial charge < -0.3 is 9.47 Å². The maximum absolute atomic E-state index is 10.9. The summed E-state index contributed by atoms with van der Waals surface area (Å²) in [4.78, 5) is 10.9. The van der Waals surface area contributed by atoms with Crippen LogP contribution in [0.15, 0.2) is 0 Å². The van der Waals surface area contributed by atoms with Gasteiger partial charge in [0.1, 0.15) is 5.25 Å². The van der Waals surface area contributed by atoms with Gasteiger partial charge in [0.25, 0.3) is 0 Å². The van der Waals surface area contributed by atoms with Crippen molar-refractivity contribution in [2.75, 3.05) is 20.3 Å². The topological polar surface area (TPSA) is 35.5 Å². The normalized spacial score (nSPS) is 20.5. The molecular weight excluding hydrogens is 164 g/mol. The standard InChI is InChI=1S/C7H12O3S/c1-5(7(8)9-2)11-6-3-10-4-6/h5-6H,3-4H2,1-2H3. The molecule has 1 aliphatic rings. The van der Waals surface area contributed by atoms with Crippen molar-refractivity contribution < 1.29 is 14.3 Å². The first-order valence-corrected chi connectivity index (χ1v) is 4.49. The van der Waals surface area contributed by atoms with Crippen LogP contribution in [-0.4, -0.2) is 36.8 Å². The Hall–Kier alpha value is -0.220. The second-order valence-electron chi connectivity index (χ2n) is 2.46. The second-order valence-corrected chi connectivity index (χ2v) is 4.11. The van der Waals surface area contributed by atoms with E-state index >= 15 is 0 Å². The number of hydrogen-bond acceptors (Lipinski definition) is 4. The highest BCUT2D eigenvalue weighted by Crippen LogP contribution is 2.24. The lowest BCUT2D eigenvalue weighted by atomic mass is 10.4. The van der Waals surface area contributed by atoms with Crippen LogP contribution in [0.2, 0.25) is 0 Å².